The summed E-state index contributed by atoms with van der Waals surface area (Å²) in [5.74, 6) is 3.34. The second-order valence-electron chi connectivity index (χ2n) is 35.8. The molecule has 0 radical (unpaired) electrons. The lowest BCUT2D eigenvalue weighted by Crippen LogP contribution is -2.41. The van der Waals surface area contributed by atoms with E-state index >= 15 is 0 Å². The number of aromatic nitrogens is 15. The van der Waals surface area contributed by atoms with Crippen molar-refractivity contribution in [2.45, 2.75) is 77.8 Å². The van der Waals surface area contributed by atoms with Crippen LogP contribution in [-0.2, 0) is 18.6 Å². The Labute approximate surface area is 802 Å². The van der Waals surface area contributed by atoms with Crippen LogP contribution in [0.1, 0.15) is 55.4 Å². The molecule has 0 unspecified atom stereocenters. The zero-order valence-electron chi connectivity index (χ0n) is 76.3. The second kappa shape index (κ2) is 37.1. The van der Waals surface area contributed by atoms with Crippen LogP contribution in [0.2, 0.25) is 0 Å². The van der Waals surface area contributed by atoms with Gasteiger partial charge in [0.05, 0.1) is 90.7 Å². The van der Waals surface area contributed by atoms with Gasteiger partial charge in [-0.05, 0) is 283 Å². The van der Waals surface area contributed by atoms with Gasteiger partial charge in [0, 0.05) is 75.0 Å². The van der Waals surface area contributed by atoms with Gasteiger partial charge in [0.1, 0.15) is 0 Å². The predicted molar refractivity (Wildman–Crippen MR) is 552 cm³/mol. The van der Waals surface area contributed by atoms with Gasteiger partial charge in [0.25, 0.3) is 0 Å². The predicted octanol–water partition coefficient (Wildman–Crippen LogP) is 25.3. The van der Waals surface area contributed by atoms with Gasteiger partial charge in [-0.1, -0.05) is 216 Å². The second-order valence-corrected chi connectivity index (χ2v) is 36.7. The van der Waals surface area contributed by atoms with E-state index in [4.69, 9.17) is 78.4 Å². The summed E-state index contributed by atoms with van der Waals surface area (Å²) in [6.07, 6.45) is 10.7. The number of nitrogens with zero attached hydrogens (tertiary/aromatic N) is 15. The molecule has 0 atom stereocenters. The Morgan fingerprint density at radius 3 is 0.642 bits per heavy atom. The highest BCUT2D eigenvalue weighted by Crippen LogP contribution is 2.43. The third kappa shape index (κ3) is 18.8. The van der Waals surface area contributed by atoms with E-state index < -0.39 is 36.6 Å². The first-order chi connectivity index (χ1) is 66.6. The highest BCUT2D eigenvalue weighted by Gasteiger charge is 2.54. The minimum Gasteiger partial charge on any atom is -0.399 e. The highest BCUT2D eigenvalue weighted by atomic mass is 79.9. The van der Waals surface area contributed by atoms with E-state index in [1.807, 2.05) is 170 Å². The number of halogens is 1. The minimum absolute atomic E-state index is 0.516. The maximum absolute atomic E-state index is 6.55. The lowest BCUT2D eigenvalue weighted by molar-refractivity contribution is 0.00578. The maximum Gasteiger partial charge on any atom is 0.494 e. The fraction of sp³-hybridized carbons (Fsp3) is 0.104. The van der Waals surface area contributed by atoms with Crippen molar-refractivity contribution >= 4 is 84.2 Å². The molecule has 2 aliphatic heterocycles. The molecular formula is C115H88B2BrN15O4. The van der Waals surface area contributed by atoms with Crippen LogP contribution < -0.4 is 10.9 Å². The number of pyridine rings is 9. The van der Waals surface area contributed by atoms with Crippen molar-refractivity contribution in [3.05, 3.63) is 394 Å². The van der Waals surface area contributed by atoms with Gasteiger partial charge in [-0.2, -0.15) is 0 Å². The van der Waals surface area contributed by atoms with Crippen molar-refractivity contribution in [1.82, 2.24) is 74.8 Å². The summed E-state index contributed by atoms with van der Waals surface area (Å²) in [5, 5.41) is 9.01. The highest BCUT2D eigenvalue weighted by molar-refractivity contribution is 9.10. The van der Waals surface area contributed by atoms with Crippen LogP contribution in [0.15, 0.2) is 394 Å². The van der Waals surface area contributed by atoms with Gasteiger partial charge in [-0.3, -0.25) is 29.9 Å². The summed E-state index contributed by atoms with van der Waals surface area (Å²) in [4.78, 5) is 73.5. The van der Waals surface area contributed by atoms with Gasteiger partial charge < -0.3 is 18.6 Å². The Bertz CT molecular complexity index is 7510. The molecule has 2 aliphatic rings. The summed E-state index contributed by atoms with van der Waals surface area (Å²) >= 11 is 3.51. The monoisotopic (exact) mass is 1840 g/mol. The van der Waals surface area contributed by atoms with Gasteiger partial charge in [0.2, 0.25) is 0 Å². The molecule has 21 aromatic rings. The molecule has 10 aromatic carbocycles. The van der Waals surface area contributed by atoms with E-state index in [0.717, 1.165) is 160 Å². The largest absolute Gasteiger partial charge is 0.494 e. The number of hydrogen-bond acceptors (Lipinski definition) is 19. The van der Waals surface area contributed by atoms with Crippen LogP contribution in [0.3, 0.4) is 0 Å². The van der Waals surface area contributed by atoms with Crippen LogP contribution in [0.4, 0.5) is 0 Å². The zero-order chi connectivity index (χ0) is 93.4. The first-order valence-electron chi connectivity index (χ1n) is 45.4. The smallest absolute Gasteiger partial charge is 0.399 e. The van der Waals surface area contributed by atoms with Crippen molar-refractivity contribution in [3.8, 4) is 159 Å². The molecule has 11 aromatic heterocycles. The summed E-state index contributed by atoms with van der Waals surface area (Å²) in [7, 11) is -1.22. The third-order valence-corrected chi connectivity index (χ3v) is 25.9. The van der Waals surface area contributed by atoms with Crippen LogP contribution in [-0.4, -0.2) is 111 Å². The topological polar surface area (TPSA) is 230 Å². The Balaban J connectivity index is 0.000000141. The number of benzene rings is 10. The molecule has 0 amide bonds. The molecule has 0 spiro atoms. The van der Waals surface area contributed by atoms with Crippen molar-refractivity contribution in [1.29, 1.82) is 0 Å². The average molecular weight is 1850 g/mol. The fourth-order valence-corrected chi connectivity index (χ4v) is 17.2. The quantitative estimate of drug-likeness (QED) is 0.0818. The number of rotatable bonds is 16. The van der Waals surface area contributed by atoms with Gasteiger partial charge in [0.15, 0.2) is 34.9 Å². The summed E-state index contributed by atoms with van der Waals surface area (Å²) in [6.45, 7) is 16.5. The van der Waals surface area contributed by atoms with Crippen LogP contribution in [0, 0.1) is 0 Å². The molecule has 660 valence electrons. The van der Waals surface area contributed by atoms with E-state index in [1.165, 1.54) is 0 Å². The molecule has 2 fully saturated rings. The molecule has 23 rings (SSSR count). The van der Waals surface area contributed by atoms with Crippen molar-refractivity contribution in [3.63, 3.8) is 0 Å². The summed E-state index contributed by atoms with van der Waals surface area (Å²) in [5.41, 5.74) is 17.6. The van der Waals surface area contributed by atoms with Gasteiger partial charge in [-0.25, -0.2) is 44.9 Å². The summed E-state index contributed by atoms with van der Waals surface area (Å²) in [6, 6.07) is 118. The van der Waals surface area contributed by atoms with E-state index in [-0.39, 0.29) is 0 Å². The lowest BCUT2D eigenvalue weighted by atomic mass is 9.71. The average Bonchev–Trinajstić information content (AvgIpc) is 1.66. The normalized spacial score (nSPS) is 14.0. The Hall–Kier alpha value is -15.9. The molecule has 0 N–H and O–H groups in total. The van der Waals surface area contributed by atoms with E-state index in [0.29, 0.717) is 57.7 Å². The Morgan fingerprint density at radius 2 is 0.394 bits per heavy atom. The van der Waals surface area contributed by atoms with Crippen molar-refractivity contribution < 1.29 is 18.6 Å². The van der Waals surface area contributed by atoms with Gasteiger partial charge in [-0.15, -0.1) is 0 Å². The molecule has 0 aliphatic carbocycles. The van der Waals surface area contributed by atoms with Crippen LogP contribution in [0.5, 0.6) is 0 Å². The Morgan fingerprint density at radius 1 is 0.182 bits per heavy atom. The molecular weight excluding hydrogens is 1760 g/mol. The molecule has 0 saturated carbocycles. The molecule has 22 heteroatoms. The summed E-state index contributed by atoms with van der Waals surface area (Å²) < 4.78 is 27.2. The van der Waals surface area contributed by atoms with Crippen molar-refractivity contribution in [2.75, 3.05) is 0 Å². The lowest BCUT2D eigenvalue weighted by Gasteiger charge is -2.32. The number of hydrogen-bond donors (Lipinski definition) is 0. The molecule has 19 nitrogen and oxygen atoms in total. The van der Waals surface area contributed by atoms with Gasteiger partial charge >= 0.3 is 14.2 Å². The van der Waals surface area contributed by atoms with E-state index in [9.17, 15) is 0 Å². The van der Waals surface area contributed by atoms with Crippen LogP contribution in [0.25, 0.3) is 202 Å². The zero-order valence-corrected chi connectivity index (χ0v) is 77.9. The fourth-order valence-electron chi connectivity index (χ4n) is 16.7. The molecule has 0 bridgehead atoms. The standard InChI is InChI=1S/C59H37N9.C41H41B2N3O4.C15H10BrN3/c1-3-15-40-29-42(23-21-38(40)13-1)57-66-58(43-24-22-39-14-2-4-16-41(39)30-43)68-59(67-57)48-32-44(46-34-53(49-17-5-9-25-60-49)64-54(35-46)50-18-6-10-26-61-50)31-45(33-48)47-36-55(51-19-7-11-27-62-51)65-56(37-47)52-20-8-12-28-63-52;1-38(2)39(3,4)48-42(47-38)33-23-32(24-34(25-33)43-49-40(5,6)41(7,8)50-43)37-45-35(30-19-17-26-13-9-11-15-28(26)21-30)44-36(46-37)31-20-18-27-14-10-12-16-29(27)22-31;16-11-9-14(12-5-1-3-7-17-12)19-15(10-11)13-6-2-4-8-18-13/h1-37H;9-25H,1-8H3;1-10H. The SMILES string of the molecule is Brc1cc(-c2ccccn2)nc(-c2ccccn2)c1.CC1(C)OB(c2cc(B3OC(C)(C)C(C)(C)O3)cc(-c3nc(-c4ccc5ccccc5c4)nc(-c4ccc5ccccc5c4)n3)c2)OC1(C)C.c1ccc(-c2cc(-c3cc(-c4cc(-c5ccccn5)nc(-c5ccccn5)c4)cc(-c4nc(-c5ccc6ccccc6c5)nc(-c5ccc6ccccc6c5)n4)c3)cc(-c3ccccn3)n2)nc1. The molecule has 2 saturated heterocycles. The van der Waals surface area contributed by atoms with E-state index in [1.54, 1.807) is 37.2 Å². The van der Waals surface area contributed by atoms with Crippen molar-refractivity contribution in [2.24, 2.45) is 0 Å². The van der Waals surface area contributed by atoms with E-state index in [2.05, 4.69) is 268 Å². The molecule has 137 heavy (non-hydrogen) atoms. The first kappa shape index (κ1) is 87.7. The maximum atomic E-state index is 6.55. The molecule has 13 heterocycles. The minimum atomic E-state index is -0.608. The Kier molecular flexibility index (Phi) is 23.8. The van der Waals surface area contributed by atoms with Crippen LogP contribution >= 0.6 is 15.9 Å². The third-order valence-electron chi connectivity index (χ3n) is 25.5. The number of fused-ring (bicyclic) bond motifs is 4. The first-order valence-corrected chi connectivity index (χ1v) is 46.2.